The second-order valence-electron chi connectivity index (χ2n) is 6.98. The molecule has 0 aliphatic carbocycles. The number of aromatic nitrogens is 1. The van der Waals surface area contributed by atoms with Crippen LogP contribution in [-0.4, -0.2) is 36.9 Å². The van der Waals surface area contributed by atoms with E-state index >= 15 is 0 Å². The van der Waals surface area contributed by atoms with Gasteiger partial charge in [-0.15, -0.1) is 0 Å². The van der Waals surface area contributed by atoms with Crippen LogP contribution in [0.25, 0.3) is 0 Å². The second-order valence-corrected chi connectivity index (χ2v) is 7.42. The van der Waals surface area contributed by atoms with E-state index in [2.05, 4.69) is 20.9 Å². The molecular formula is C23H22ClN5O3. The van der Waals surface area contributed by atoms with Gasteiger partial charge < -0.3 is 16.0 Å². The van der Waals surface area contributed by atoms with E-state index in [0.29, 0.717) is 33.3 Å². The highest BCUT2D eigenvalue weighted by molar-refractivity contribution is 6.30. The fourth-order valence-corrected chi connectivity index (χ4v) is 3.02. The minimum absolute atomic E-state index is 0.271. The minimum atomic E-state index is -0.415. The molecule has 3 N–H and O–H groups in total. The van der Waals surface area contributed by atoms with Gasteiger partial charge >= 0.3 is 6.03 Å². The number of hydrogen-bond acceptors (Lipinski definition) is 4. The SMILES string of the molecule is CNC(=O)N(C)c1ccc(C(=O)Nc2ccc(C)cc2C(=O)Nc2ccc(Cl)cn2)cc1. The number of carbonyl (C=O) groups is 3. The van der Waals surface area contributed by atoms with Gasteiger partial charge in [-0.25, -0.2) is 9.78 Å². The van der Waals surface area contributed by atoms with Gasteiger partial charge in [-0.1, -0.05) is 23.2 Å². The van der Waals surface area contributed by atoms with Crippen LogP contribution in [0.5, 0.6) is 0 Å². The number of urea groups is 1. The van der Waals surface area contributed by atoms with E-state index in [1.54, 1.807) is 68.7 Å². The number of benzene rings is 2. The van der Waals surface area contributed by atoms with Crippen LogP contribution in [0.3, 0.4) is 0 Å². The molecule has 0 aliphatic heterocycles. The van der Waals surface area contributed by atoms with Gasteiger partial charge in [0.05, 0.1) is 16.3 Å². The fourth-order valence-electron chi connectivity index (χ4n) is 2.90. The van der Waals surface area contributed by atoms with Crippen molar-refractivity contribution in [2.45, 2.75) is 6.92 Å². The van der Waals surface area contributed by atoms with Crippen molar-refractivity contribution in [3.05, 3.63) is 82.5 Å². The maximum atomic E-state index is 12.8. The molecule has 1 heterocycles. The van der Waals surface area contributed by atoms with E-state index < -0.39 is 5.91 Å². The van der Waals surface area contributed by atoms with Crippen molar-refractivity contribution in [3.8, 4) is 0 Å². The molecule has 1 aromatic heterocycles. The van der Waals surface area contributed by atoms with Crippen LogP contribution in [0.15, 0.2) is 60.8 Å². The highest BCUT2D eigenvalue weighted by Gasteiger charge is 2.16. The van der Waals surface area contributed by atoms with Crippen molar-refractivity contribution in [2.75, 3.05) is 29.6 Å². The number of carbonyl (C=O) groups excluding carboxylic acids is 3. The molecule has 4 amide bonds. The minimum Gasteiger partial charge on any atom is -0.341 e. The molecular weight excluding hydrogens is 430 g/mol. The summed E-state index contributed by atoms with van der Waals surface area (Å²) >= 11 is 5.83. The van der Waals surface area contributed by atoms with Crippen molar-refractivity contribution >= 4 is 46.6 Å². The van der Waals surface area contributed by atoms with Crippen LogP contribution in [0.2, 0.25) is 5.02 Å². The number of aryl methyl sites for hydroxylation is 1. The Labute approximate surface area is 190 Å². The lowest BCUT2D eigenvalue weighted by Gasteiger charge is -2.17. The van der Waals surface area contributed by atoms with Gasteiger partial charge in [-0.2, -0.15) is 0 Å². The third-order valence-electron chi connectivity index (χ3n) is 4.67. The van der Waals surface area contributed by atoms with Crippen LogP contribution in [-0.2, 0) is 0 Å². The lowest BCUT2D eigenvalue weighted by Crippen LogP contribution is -2.34. The van der Waals surface area contributed by atoms with Crippen molar-refractivity contribution < 1.29 is 14.4 Å². The van der Waals surface area contributed by atoms with Crippen molar-refractivity contribution in [2.24, 2.45) is 0 Å². The Morgan fingerprint density at radius 1 is 0.938 bits per heavy atom. The number of pyridine rings is 1. The quantitative estimate of drug-likeness (QED) is 0.537. The normalized spacial score (nSPS) is 10.2. The first-order chi connectivity index (χ1) is 15.3. The summed E-state index contributed by atoms with van der Waals surface area (Å²) in [5.74, 6) is -0.461. The molecule has 9 heteroatoms. The molecule has 164 valence electrons. The summed E-state index contributed by atoms with van der Waals surface area (Å²) in [6.45, 7) is 1.85. The first kappa shape index (κ1) is 22.8. The Balaban J connectivity index is 1.78. The maximum Gasteiger partial charge on any atom is 0.321 e. The summed E-state index contributed by atoms with van der Waals surface area (Å²) in [4.78, 5) is 42.8. The molecule has 0 unspecified atom stereocenters. The first-order valence-electron chi connectivity index (χ1n) is 9.69. The predicted molar refractivity (Wildman–Crippen MR) is 126 cm³/mol. The Morgan fingerprint density at radius 2 is 1.66 bits per heavy atom. The van der Waals surface area contributed by atoms with Crippen LogP contribution in [0, 0.1) is 6.92 Å². The zero-order chi connectivity index (χ0) is 23.3. The third-order valence-corrected chi connectivity index (χ3v) is 4.90. The van der Waals surface area contributed by atoms with Gasteiger partial charge in [0, 0.05) is 31.5 Å². The summed E-state index contributed by atoms with van der Waals surface area (Å²) in [7, 11) is 3.17. The van der Waals surface area contributed by atoms with Crippen LogP contribution < -0.4 is 20.9 Å². The van der Waals surface area contributed by atoms with Gasteiger partial charge in [0.15, 0.2) is 0 Å². The Morgan fingerprint density at radius 3 is 2.28 bits per heavy atom. The molecule has 32 heavy (non-hydrogen) atoms. The highest BCUT2D eigenvalue weighted by Crippen LogP contribution is 2.21. The number of amides is 4. The number of hydrogen-bond donors (Lipinski definition) is 3. The molecule has 0 spiro atoms. The first-order valence-corrected chi connectivity index (χ1v) is 10.1. The zero-order valence-electron chi connectivity index (χ0n) is 17.8. The number of halogens is 1. The van der Waals surface area contributed by atoms with Gasteiger partial charge in [-0.3, -0.25) is 14.5 Å². The predicted octanol–water partition coefficient (Wildman–Crippen LogP) is 4.32. The lowest BCUT2D eigenvalue weighted by molar-refractivity contribution is 0.102. The molecule has 0 atom stereocenters. The summed E-state index contributed by atoms with van der Waals surface area (Å²) < 4.78 is 0. The Hall–Kier alpha value is -3.91. The molecule has 3 rings (SSSR count). The average Bonchev–Trinajstić information content (AvgIpc) is 2.80. The summed E-state index contributed by atoms with van der Waals surface area (Å²) in [5, 5.41) is 8.47. The van der Waals surface area contributed by atoms with Gasteiger partial charge in [0.1, 0.15) is 5.82 Å². The topological polar surface area (TPSA) is 103 Å². The van der Waals surface area contributed by atoms with E-state index in [0.717, 1.165) is 5.56 Å². The monoisotopic (exact) mass is 451 g/mol. The summed E-state index contributed by atoms with van der Waals surface area (Å²) in [6.07, 6.45) is 1.43. The van der Waals surface area contributed by atoms with Gasteiger partial charge in [0.25, 0.3) is 11.8 Å². The number of rotatable bonds is 5. The largest absolute Gasteiger partial charge is 0.341 e. The van der Waals surface area contributed by atoms with Crippen LogP contribution >= 0.6 is 11.6 Å². The van der Waals surface area contributed by atoms with Crippen LogP contribution in [0.1, 0.15) is 26.3 Å². The Kier molecular flexibility index (Phi) is 7.07. The van der Waals surface area contributed by atoms with Crippen molar-refractivity contribution in [1.82, 2.24) is 10.3 Å². The third kappa shape index (κ3) is 5.41. The van der Waals surface area contributed by atoms with Crippen LogP contribution in [0.4, 0.5) is 22.0 Å². The lowest BCUT2D eigenvalue weighted by atomic mass is 10.1. The van der Waals surface area contributed by atoms with E-state index in [4.69, 9.17) is 11.6 Å². The molecule has 2 aromatic carbocycles. The Bertz CT molecular complexity index is 1150. The fraction of sp³-hybridized carbons (Fsp3) is 0.130. The number of anilines is 3. The number of nitrogens with one attached hydrogen (secondary N) is 3. The molecule has 0 saturated heterocycles. The number of nitrogens with zero attached hydrogens (tertiary/aromatic N) is 2. The van der Waals surface area contributed by atoms with Crippen molar-refractivity contribution in [3.63, 3.8) is 0 Å². The smallest absolute Gasteiger partial charge is 0.321 e. The van der Waals surface area contributed by atoms with E-state index in [1.807, 2.05) is 6.92 Å². The summed E-state index contributed by atoms with van der Waals surface area (Å²) in [6, 6.07) is 14.6. The molecule has 0 fully saturated rings. The van der Waals surface area contributed by atoms with Gasteiger partial charge in [-0.05, 0) is 55.5 Å². The standard InChI is InChI=1S/C23H22ClN5O3/c1-14-4-10-19(18(12-14)22(31)28-20-11-7-16(24)13-26-20)27-21(30)15-5-8-17(9-6-15)29(3)23(32)25-2/h4-13H,1-3H3,(H,25,32)(H,27,30)(H,26,28,31). The molecule has 0 saturated carbocycles. The van der Waals surface area contributed by atoms with Crippen molar-refractivity contribution in [1.29, 1.82) is 0 Å². The molecule has 0 bridgehead atoms. The molecule has 0 radical (unpaired) electrons. The molecule has 0 aliphatic rings. The maximum absolute atomic E-state index is 12.8. The van der Waals surface area contributed by atoms with Gasteiger partial charge in [0.2, 0.25) is 0 Å². The highest BCUT2D eigenvalue weighted by atomic mass is 35.5. The second kappa shape index (κ2) is 9.93. The molecule has 8 nitrogen and oxygen atoms in total. The van der Waals surface area contributed by atoms with E-state index in [1.165, 1.54) is 11.1 Å². The molecule has 3 aromatic rings. The zero-order valence-corrected chi connectivity index (χ0v) is 18.5. The van der Waals surface area contributed by atoms with E-state index in [9.17, 15) is 14.4 Å². The average molecular weight is 452 g/mol. The summed E-state index contributed by atoms with van der Waals surface area (Å²) in [5.41, 5.74) is 2.53. The van der Waals surface area contributed by atoms with E-state index in [-0.39, 0.29) is 11.9 Å².